The average molecular weight is 388 g/mol. The van der Waals surface area contributed by atoms with Crippen LogP contribution in [0.4, 0.5) is 0 Å². The molecule has 3 aromatic rings. The molecule has 0 aliphatic carbocycles. The molecule has 2 aromatic carbocycles. The van der Waals surface area contributed by atoms with Gasteiger partial charge < -0.3 is 15.2 Å². The summed E-state index contributed by atoms with van der Waals surface area (Å²) in [6, 6.07) is 15.9. The molecule has 0 saturated heterocycles. The molecule has 2 atom stereocenters. The van der Waals surface area contributed by atoms with Crippen molar-refractivity contribution in [2.24, 2.45) is 11.7 Å². The second kappa shape index (κ2) is 7.75. The fourth-order valence-electron chi connectivity index (χ4n) is 3.28. The van der Waals surface area contributed by atoms with Gasteiger partial charge in [-0.1, -0.05) is 19.1 Å². The molecule has 1 aliphatic rings. The Hall–Kier alpha value is -3.67. The number of benzene rings is 2. The molecule has 0 radical (unpaired) electrons. The minimum atomic E-state index is -0.483. The van der Waals surface area contributed by atoms with Crippen LogP contribution >= 0.6 is 0 Å². The first-order valence-electron chi connectivity index (χ1n) is 9.30. The fraction of sp³-hybridized carbons (Fsp3) is 0.174. The molecule has 4 rings (SSSR count). The maximum absolute atomic E-state index is 12.3. The fourth-order valence-corrected chi connectivity index (χ4v) is 3.28. The van der Waals surface area contributed by atoms with Gasteiger partial charge in [0.15, 0.2) is 5.78 Å². The zero-order valence-corrected chi connectivity index (χ0v) is 15.9. The molecule has 0 saturated carbocycles. The number of Topliss-reactive ketones (excluding diaryl/α,β-unsaturated/α-hetero) is 1. The third-order valence-electron chi connectivity index (χ3n) is 4.92. The summed E-state index contributed by atoms with van der Waals surface area (Å²) < 4.78 is 12.0. The van der Waals surface area contributed by atoms with Crippen LogP contribution in [0.5, 0.6) is 11.5 Å². The van der Waals surface area contributed by atoms with Crippen molar-refractivity contribution in [3.8, 4) is 11.5 Å². The molecule has 1 amide bonds. The molecule has 1 aliphatic heterocycles. The number of aromatic nitrogens is 1. The first-order chi connectivity index (χ1) is 14.0. The summed E-state index contributed by atoms with van der Waals surface area (Å²) in [5.41, 5.74) is 8.09. The van der Waals surface area contributed by atoms with E-state index in [1.54, 1.807) is 42.7 Å². The van der Waals surface area contributed by atoms with Crippen LogP contribution < -0.4 is 15.2 Å². The van der Waals surface area contributed by atoms with Crippen LogP contribution in [0, 0.1) is 5.92 Å². The number of ketones is 1. The molecule has 1 aromatic heterocycles. The summed E-state index contributed by atoms with van der Waals surface area (Å²) in [5, 5.41) is 0. The Labute approximate surface area is 168 Å². The van der Waals surface area contributed by atoms with Crippen LogP contribution in [-0.2, 0) is 0 Å². The number of ether oxygens (including phenoxy) is 2. The van der Waals surface area contributed by atoms with E-state index in [1.807, 2.05) is 31.2 Å². The van der Waals surface area contributed by atoms with Gasteiger partial charge in [0.25, 0.3) is 0 Å². The molecule has 2 N–H and O–H groups in total. The van der Waals surface area contributed by atoms with E-state index in [0.29, 0.717) is 29.2 Å². The maximum Gasteiger partial charge on any atom is 0.248 e. The number of hydrogen-bond donors (Lipinski definition) is 1. The Morgan fingerprint density at radius 1 is 1.10 bits per heavy atom. The number of primary amides is 1. The Morgan fingerprint density at radius 2 is 1.79 bits per heavy atom. The third-order valence-corrected chi connectivity index (χ3v) is 4.92. The smallest absolute Gasteiger partial charge is 0.248 e. The van der Waals surface area contributed by atoms with Crippen LogP contribution in [-0.4, -0.2) is 23.3 Å². The summed E-state index contributed by atoms with van der Waals surface area (Å²) in [7, 11) is 0. The zero-order valence-electron chi connectivity index (χ0n) is 15.9. The molecule has 0 unspecified atom stereocenters. The summed E-state index contributed by atoms with van der Waals surface area (Å²) in [5.74, 6) is 0.548. The van der Waals surface area contributed by atoms with Crippen molar-refractivity contribution in [3.63, 3.8) is 0 Å². The number of rotatable bonds is 5. The van der Waals surface area contributed by atoms with Crippen molar-refractivity contribution < 1.29 is 19.1 Å². The second-order valence-electron chi connectivity index (χ2n) is 7.00. The van der Waals surface area contributed by atoms with Gasteiger partial charge in [0.2, 0.25) is 5.91 Å². The van der Waals surface area contributed by atoms with Crippen LogP contribution in [0.3, 0.4) is 0 Å². The van der Waals surface area contributed by atoms with Crippen LogP contribution in [0.25, 0.3) is 0 Å². The monoisotopic (exact) mass is 388 g/mol. The summed E-state index contributed by atoms with van der Waals surface area (Å²) in [4.78, 5) is 27.7. The van der Waals surface area contributed by atoms with E-state index in [9.17, 15) is 9.59 Å². The Kier molecular flexibility index (Phi) is 4.99. The average Bonchev–Trinajstić information content (AvgIpc) is 2.75. The van der Waals surface area contributed by atoms with Gasteiger partial charge in [-0.25, -0.2) is 0 Å². The van der Waals surface area contributed by atoms with Gasteiger partial charge in [0.1, 0.15) is 17.6 Å². The summed E-state index contributed by atoms with van der Waals surface area (Å²) in [6.07, 6.45) is 2.95. The van der Waals surface area contributed by atoms with E-state index in [4.69, 9.17) is 15.2 Å². The zero-order chi connectivity index (χ0) is 20.4. The number of carbonyl (C=O) groups is 2. The first-order valence-corrected chi connectivity index (χ1v) is 9.30. The lowest BCUT2D eigenvalue weighted by atomic mass is 9.96. The molecular weight excluding hydrogens is 368 g/mol. The lowest BCUT2D eigenvalue weighted by Crippen LogP contribution is -2.25. The second-order valence-corrected chi connectivity index (χ2v) is 7.00. The van der Waals surface area contributed by atoms with E-state index in [-0.39, 0.29) is 11.7 Å². The summed E-state index contributed by atoms with van der Waals surface area (Å²) >= 11 is 0. The lowest BCUT2D eigenvalue weighted by molar-refractivity contribution is 0.0847. The van der Waals surface area contributed by atoms with Crippen molar-refractivity contribution in [2.75, 3.05) is 6.61 Å². The number of hydrogen-bond acceptors (Lipinski definition) is 5. The first kappa shape index (κ1) is 18.7. The quantitative estimate of drug-likeness (QED) is 0.722. The van der Waals surface area contributed by atoms with Crippen LogP contribution in [0.1, 0.15) is 44.9 Å². The van der Waals surface area contributed by atoms with E-state index < -0.39 is 12.0 Å². The number of carbonyl (C=O) groups excluding carboxylic acids is 2. The molecule has 0 bridgehead atoms. The lowest BCUT2D eigenvalue weighted by Gasteiger charge is -2.24. The number of fused-ring (bicyclic) bond motifs is 1. The molecule has 0 fully saturated rings. The van der Waals surface area contributed by atoms with E-state index in [2.05, 4.69) is 4.98 Å². The van der Waals surface area contributed by atoms with Gasteiger partial charge in [-0.15, -0.1) is 0 Å². The Balaban J connectivity index is 1.68. The molecule has 146 valence electrons. The summed E-state index contributed by atoms with van der Waals surface area (Å²) in [6.45, 7) is 2.21. The van der Waals surface area contributed by atoms with Crippen molar-refractivity contribution in [2.45, 2.75) is 13.0 Å². The number of nitrogens with zero attached hydrogens (tertiary/aromatic N) is 1. The normalized spacial score (nSPS) is 16.4. The topological polar surface area (TPSA) is 91.5 Å². The minimum absolute atomic E-state index is 0.0746. The van der Waals surface area contributed by atoms with Gasteiger partial charge in [-0.05, 0) is 47.5 Å². The van der Waals surface area contributed by atoms with Crippen molar-refractivity contribution >= 4 is 11.7 Å². The van der Waals surface area contributed by atoms with Crippen LogP contribution in [0.2, 0.25) is 0 Å². The Morgan fingerprint density at radius 3 is 2.48 bits per heavy atom. The standard InChI is InChI=1S/C23H20N2O4/c1-14-13-28-20-12-18(6-7-19(20)21(14)26)29-22(16-8-10-25-11-9-16)15-2-4-17(5-3-15)23(24)27/h2-12,14,22H,13H2,1H3,(H2,24,27)/t14-,22+/m1/s1. The van der Waals surface area contributed by atoms with Crippen molar-refractivity contribution in [1.82, 2.24) is 4.98 Å². The number of nitrogens with two attached hydrogens (primary N) is 1. The molecule has 29 heavy (non-hydrogen) atoms. The number of amides is 1. The third kappa shape index (κ3) is 3.82. The molecular formula is C23H20N2O4. The predicted octanol–water partition coefficient (Wildman–Crippen LogP) is 3.56. The highest BCUT2D eigenvalue weighted by molar-refractivity contribution is 6.01. The van der Waals surface area contributed by atoms with E-state index >= 15 is 0 Å². The van der Waals surface area contributed by atoms with Gasteiger partial charge in [-0.2, -0.15) is 0 Å². The van der Waals surface area contributed by atoms with Crippen molar-refractivity contribution in [3.05, 3.63) is 89.2 Å². The Bertz CT molecular complexity index is 1050. The molecule has 0 spiro atoms. The van der Waals surface area contributed by atoms with Crippen LogP contribution in [0.15, 0.2) is 67.0 Å². The van der Waals surface area contributed by atoms with Gasteiger partial charge in [0, 0.05) is 24.0 Å². The molecule has 6 heteroatoms. The molecule has 2 heterocycles. The maximum atomic E-state index is 12.3. The number of pyridine rings is 1. The van der Waals surface area contributed by atoms with Crippen molar-refractivity contribution in [1.29, 1.82) is 0 Å². The van der Waals surface area contributed by atoms with E-state index in [1.165, 1.54) is 0 Å². The highest BCUT2D eigenvalue weighted by Gasteiger charge is 2.26. The molecule has 6 nitrogen and oxygen atoms in total. The largest absolute Gasteiger partial charge is 0.492 e. The minimum Gasteiger partial charge on any atom is -0.492 e. The van der Waals surface area contributed by atoms with E-state index in [0.717, 1.165) is 11.1 Å². The highest BCUT2D eigenvalue weighted by Crippen LogP contribution is 2.34. The SMILES string of the molecule is C[C@@H]1COc2cc(O[C@H](c3ccncc3)c3ccc(C(N)=O)cc3)ccc2C1=O. The predicted molar refractivity (Wildman–Crippen MR) is 107 cm³/mol. The van der Waals surface area contributed by atoms with Gasteiger partial charge in [0.05, 0.1) is 18.1 Å². The van der Waals surface area contributed by atoms with Gasteiger partial charge in [-0.3, -0.25) is 14.6 Å². The van der Waals surface area contributed by atoms with Gasteiger partial charge >= 0.3 is 0 Å². The highest BCUT2D eigenvalue weighted by atomic mass is 16.5.